The minimum atomic E-state index is -4.55. The zero-order valence-corrected chi connectivity index (χ0v) is 12.3. The zero-order chi connectivity index (χ0) is 16.5. The lowest BCUT2D eigenvalue weighted by Crippen LogP contribution is -2.27. The van der Waals surface area contributed by atoms with Crippen molar-refractivity contribution in [3.8, 4) is 0 Å². The summed E-state index contributed by atoms with van der Waals surface area (Å²) in [5, 5.41) is 10.4. The predicted octanol–water partition coefficient (Wildman–Crippen LogP) is 2.15. The number of halogens is 3. The number of alkyl halides is 3. The SMILES string of the molecule is CCn1ccc(C(C)NC(=O)c2cc(C(F)(F)F)n(C)n2)n1. The lowest BCUT2D eigenvalue weighted by Gasteiger charge is -2.10. The molecule has 9 heteroatoms. The van der Waals surface area contributed by atoms with Gasteiger partial charge in [-0.2, -0.15) is 23.4 Å². The van der Waals surface area contributed by atoms with E-state index in [1.54, 1.807) is 23.9 Å². The average Bonchev–Trinajstić information content (AvgIpc) is 3.03. The van der Waals surface area contributed by atoms with Gasteiger partial charge in [0.25, 0.3) is 5.91 Å². The molecule has 0 fully saturated rings. The van der Waals surface area contributed by atoms with E-state index >= 15 is 0 Å². The second kappa shape index (κ2) is 5.82. The molecule has 2 aromatic rings. The molecule has 0 spiro atoms. The molecule has 120 valence electrons. The van der Waals surface area contributed by atoms with E-state index < -0.39 is 23.8 Å². The summed E-state index contributed by atoms with van der Waals surface area (Å²) in [6.07, 6.45) is -2.79. The third kappa shape index (κ3) is 3.29. The van der Waals surface area contributed by atoms with Gasteiger partial charge >= 0.3 is 6.18 Å². The summed E-state index contributed by atoms with van der Waals surface area (Å²) in [5.41, 5.74) is -0.626. The molecular weight excluding hydrogens is 299 g/mol. The number of aryl methyl sites for hydroxylation is 2. The maximum Gasteiger partial charge on any atom is 0.433 e. The molecule has 0 bridgehead atoms. The molecule has 2 aromatic heterocycles. The summed E-state index contributed by atoms with van der Waals surface area (Å²) in [4.78, 5) is 12.0. The topological polar surface area (TPSA) is 64.7 Å². The first-order valence-electron chi connectivity index (χ1n) is 6.67. The molecular formula is C13H16F3N5O. The van der Waals surface area contributed by atoms with E-state index in [-0.39, 0.29) is 5.69 Å². The molecule has 1 unspecified atom stereocenters. The molecule has 0 radical (unpaired) electrons. The van der Waals surface area contributed by atoms with E-state index in [0.717, 1.165) is 13.1 Å². The van der Waals surface area contributed by atoms with Gasteiger partial charge in [0.2, 0.25) is 0 Å². The maximum atomic E-state index is 12.7. The fourth-order valence-corrected chi connectivity index (χ4v) is 1.97. The average molecular weight is 315 g/mol. The number of amides is 1. The fourth-order valence-electron chi connectivity index (χ4n) is 1.97. The van der Waals surface area contributed by atoms with Crippen molar-refractivity contribution in [1.82, 2.24) is 24.9 Å². The van der Waals surface area contributed by atoms with Crippen LogP contribution < -0.4 is 5.32 Å². The van der Waals surface area contributed by atoms with E-state index in [9.17, 15) is 18.0 Å². The van der Waals surface area contributed by atoms with Crippen LogP contribution in [-0.4, -0.2) is 25.5 Å². The van der Waals surface area contributed by atoms with E-state index in [1.807, 2.05) is 6.92 Å². The lowest BCUT2D eigenvalue weighted by molar-refractivity contribution is -0.143. The molecule has 0 saturated heterocycles. The van der Waals surface area contributed by atoms with Crippen molar-refractivity contribution >= 4 is 5.91 Å². The number of hydrogen-bond acceptors (Lipinski definition) is 3. The zero-order valence-electron chi connectivity index (χ0n) is 12.3. The van der Waals surface area contributed by atoms with Gasteiger partial charge in [-0.15, -0.1) is 0 Å². The fraction of sp³-hybridized carbons (Fsp3) is 0.462. The van der Waals surface area contributed by atoms with Crippen molar-refractivity contribution < 1.29 is 18.0 Å². The number of carbonyl (C=O) groups is 1. The van der Waals surface area contributed by atoms with Gasteiger partial charge in [-0.3, -0.25) is 14.2 Å². The molecule has 1 N–H and O–H groups in total. The Morgan fingerprint density at radius 1 is 1.41 bits per heavy atom. The normalized spacial score (nSPS) is 13.2. The molecule has 0 aromatic carbocycles. The largest absolute Gasteiger partial charge is 0.433 e. The Hall–Kier alpha value is -2.32. The highest BCUT2D eigenvalue weighted by molar-refractivity contribution is 5.92. The Morgan fingerprint density at radius 3 is 2.59 bits per heavy atom. The van der Waals surface area contributed by atoms with Crippen LogP contribution >= 0.6 is 0 Å². The van der Waals surface area contributed by atoms with Gasteiger partial charge in [-0.1, -0.05) is 0 Å². The van der Waals surface area contributed by atoms with Gasteiger partial charge in [-0.05, 0) is 19.9 Å². The van der Waals surface area contributed by atoms with Crippen LogP contribution in [0.4, 0.5) is 13.2 Å². The highest BCUT2D eigenvalue weighted by atomic mass is 19.4. The third-order valence-corrected chi connectivity index (χ3v) is 3.18. The van der Waals surface area contributed by atoms with Gasteiger partial charge in [0.05, 0.1) is 11.7 Å². The van der Waals surface area contributed by atoms with Gasteiger partial charge in [0.15, 0.2) is 5.69 Å². The van der Waals surface area contributed by atoms with Gasteiger partial charge < -0.3 is 5.32 Å². The molecule has 0 aliphatic rings. The second-order valence-electron chi connectivity index (χ2n) is 4.83. The van der Waals surface area contributed by atoms with E-state index in [2.05, 4.69) is 15.5 Å². The molecule has 2 rings (SSSR count). The number of rotatable bonds is 4. The van der Waals surface area contributed by atoms with Crippen LogP contribution in [0.5, 0.6) is 0 Å². The van der Waals surface area contributed by atoms with Crippen molar-refractivity contribution in [2.75, 3.05) is 0 Å². The minimum absolute atomic E-state index is 0.281. The summed E-state index contributed by atoms with van der Waals surface area (Å²) >= 11 is 0. The highest BCUT2D eigenvalue weighted by Crippen LogP contribution is 2.29. The number of hydrogen-bond donors (Lipinski definition) is 1. The molecule has 22 heavy (non-hydrogen) atoms. The third-order valence-electron chi connectivity index (χ3n) is 3.18. The van der Waals surface area contributed by atoms with Crippen LogP contribution in [0.3, 0.4) is 0 Å². The van der Waals surface area contributed by atoms with E-state index in [4.69, 9.17) is 0 Å². The maximum absolute atomic E-state index is 12.7. The lowest BCUT2D eigenvalue weighted by atomic mass is 10.2. The van der Waals surface area contributed by atoms with Crippen LogP contribution in [0.25, 0.3) is 0 Å². The van der Waals surface area contributed by atoms with Crippen molar-refractivity contribution in [2.45, 2.75) is 32.6 Å². The summed E-state index contributed by atoms with van der Waals surface area (Å²) in [5.74, 6) is -0.676. The van der Waals surface area contributed by atoms with Crippen LogP contribution in [0.1, 0.15) is 41.8 Å². The first-order valence-corrected chi connectivity index (χ1v) is 6.67. The van der Waals surface area contributed by atoms with Crippen molar-refractivity contribution in [2.24, 2.45) is 7.05 Å². The summed E-state index contributed by atoms with van der Waals surface area (Å²) in [6.45, 7) is 4.32. The van der Waals surface area contributed by atoms with Crippen LogP contribution in [0, 0.1) is 0 Å². The second-order valence-corrected chi connectivity index (χ2v) is 4.83. The monoisotopic (exact) mass is 315 g/mol. The number of carbonyl (C=O) groups excluding carboxylic acids is 1. The first kappa shape index (κ1) is 16.1. The van der Waals surface area contributed by atoms with Crippen LogP contribution in [0.15, 0.2) is 18.3 Å². The molecule has 6 nitrogen and oxygen atoms in total. The predicted molar refractivity (Wildman–Crippen MR) is 72.0 cm³/mol. The smallest absolute Gasteiger partial charge is 0.342 e. The number of nitrogens with one attached hydrogen (secondary N) is 1. The Balaban J connectivity index is 2.12. The Labute approximate surface area is 124 Å². The van der Waals surface area contributed by atoms with Crippen molar-refractivity contribution in [1.29, 1.82) is 0 Å². The van der Waals surface area contributed by atoms with Crippen molar-refractivity contribution in [3.63, 3.8) is 0 Å². The Morgan fingerprint density at radius 2 is 2.09 bits per heavy atom. The van der Waals surface area contributed by atoms with Crippen LogP contribution in [0.2, 0.25) is 0 Å². The Bertz CT molecular complexity index is 674. The highest BCUT2D eigenvalue weighted by Gasteiger charge is 2.35. The summed E-state index contributed by atoms with van der Waals surface area (Å²) in [7, 11) is 1.14. The van der Waals surface area contributed by atoms with E-state index in [0.29, 0.717) is 16.9 Å². The van der Waals surface area contributed by atoms with E-state index in [1.165, 1.54) is 0 Å². The molecule has 0 aliphatic heterocycles. The quantitative estimate of drug-likeness (QED) is 0.940. The first-order chi connectivity index (χ1) is 10.2. The summed E-state index contributed by atoms with van der Waals surface area (Å²) in [6, 6.07) is 2.04. The van der Waals surface area contributed by atoms with Crippen molar-refractivity contribution in [3.05, 3.63) is 35.4 Å². The molecule has 0 saturated carbocycles. The van der Waals surface area contributed by atoms with Crippen LogP contribution in [-0.2, 0) is 19.8 Å². The number of nitrogens with zero attached hydrogens (tertiary/aromatic N) is 4. The molecule has 1 amide bonds. The van der Waals surface area contributed by atoms with Gasteiger partial charge in [0.1, 0.15) is 5.69 Å². The van der Waals surface area contributed by atoms with Gasteiger partial charge in [-0.25, -0.2) is 0 Å². The Kier molecular flexibility index (Phi) is 4.25. The minimum Gasteiger partial charge on any atom is -0.342 e. The summed E-state index contributed by atoms with van der Waals surface area (Å²) < 4.78 is 40.4. The molecule has 0 aliphatic carbocycles. The molecule has 1 atom stereocenters. The standard InChI is InChI=1S/C13H16F3N5O/c1-4-21-6-5-9(19-21)8(2)17-12(22)10-7-11(13(14,15)16)20(3)18-10/h5-8H,4H2,1-3H3,(H,17,22). The van der Waals surface area contributed by atoms with Gasteiger partial charge in [0, 0.05) is 25.9 Å². The number of aromatic nitrogens is 4. The molecule has 2 heterocycles.